The molecule has 0 fully saturated rings. The predicted octanol–water partition coefficient (Wildman–Crippen LogP) is 2.66. The van der Waals surface area contributed by atoms with E-state index in [2.05, 4.69) is 25.9 Å². The molecule has 0 saturated heterocycles. The second-order valence-electron chi connectivity index (χ2n) is 6.54. The van der Waals surface area contributed by atoms with Crippen LogP contribution in [-0.4, -0.2) is 43.1 Å². The van der Waals surface area contributed by atoms with E-state index in [1.807, 2.05) is 57.2 Å². The second-order valence-corrected chi connectivity index (χ2v) is 6.54. The maximum absolute atomic E-state index is 12.0. The highest BCUT2D eigenvalue weighted by atomic mass is 16.5. The minimum Gasteiger partial charge on any atom is -0.489 e. The van der Waals surface area contributed by atoms with Gasteiger partial charge in [0.25, 0.3) is 0 Å². The molecule has 0 saturated carbocycles. The number of pyridine rings is 1. The number of hydrogen-bond acceptors (Lipinski definition) is 4. The van der Waals surface area contributed by atoms with Gasteiger partial charge in [0, 0.05) is 25.7 Å². The number of amides is 1. The molecule has 1 heterocycles. The van der Waals surface area contributed by atoms with Crippen molar-refractivity contribution in [2.75, 3.05) is 25.5 Å². The molecule has 3 N–H and O–H groups in total. The molecule has 7 nitrogen and oxygen atoms in total. The van der Waals surface area contributed by atoms with Crippen LogP contribution in [0, 0.1) is 13.8 Å². The molecule has 1 aromatic heterocycles. The quantitative estimate of drug-likeness (QED) is 0.482. The Labute approximate surface area is 166 Å². The van der Waals surface area contributed by atoms with E-state index in [0.29, 0.717) is 31.3 Å². The summed E-state index contributed by atoms with van der Waals surface area (Å²) in [6.45, 7) is 6.96. The third kappa shape index (κ3) is 7.26. The SMILES string of the molecule is CN=C(NCCC(=O)Nc1cccc(C)n1)NCC(C)Oc1ccccc1C. The molecule has 1 aromatic carbocycles. The first-order valence-corrected chi connectivity index (χ1v) is 9.38. The van der Waals surface area contributed by atoms with E-state index in [0.717, 1.165) is 17.0 Å². The van der Waals surface area contributed by atoms with Gasteiger partial charge in [-0.1, -0.05) is 24.3 Å². The number of carbonyl (C=O) groups excluding carboxylic acids is 1. The molecule has 0 aliphatic heterocycles. The number of benzene rings is 1. The smallest absolute Gasteiger partial charge is 0.227 e. The molecular formula is C21H29N5O2. The van der Waals surface area contributed by atoms with Crippen LogP contribution in [0.5, 0.6) is 5.75 Å². The van der Waals surface area contributed by atoms with Crippen LogP contribution in [0.1, 0.15) is 24.6 Å². The summed E-state index contributed by atoms with van der Waals surface area (Å²) >= 11 is 0. The Hall–Kier alpha value is -3.09. The molecular weight excluding hydrogens is 354 g/mol. The summed E-state index contributed by atoms with van der Waals surface area (Å²) in [7, 11) is 1.69. The number of nitrogens with one attached hydrogen (secondary N) is 3. The van der Waals surface area contributed by atoms with Crippen molar-refractivity contribution in [1.29, 1.82) is 0 Å². The van der Waals surface area contributed by atoms with Gasteiger partial charge in [0.05, 0.1) is 6.54 Å². The lowest BCUT2D eigenvalue weighted by Gasteiger charge is -2.18. The molecule has 1 amide bonds. The fourth-order valence-corrected chi connectivity index (χ4v) is 2.52. The topological polar surface area (TPSA) is 87.6 Å². The molecule has 0 spiro atoms. The first-order valence-electron chi connectivity index (χ1n) is 9.38. The van der Waals surface area contributed by atoms with Crippen molar-refractivity contribution >= 4 is 17.7 Å². The van der Waals surface area contributed by atoms with E-state index in [9.17, 15) is 4.79 Å². The molecule has 150 valence electrons. The minimum absolute atomic E-state index is 0.0321. The number of nitrogens with zero attached hydrogens (tertiary/aromatic N) is 2. The summed E-state index contributed by atoms with van der Waals surface area (Å²) in [5.41, 5.74) is 1.97. The van der Waals surface area contributed by atoms with Crippen molar-refractivity contribution in [2.24, 2.45) is 4.99 Å². The Morgan fingerprint density at radius 1 is 1.14 bits per heavy atom. The first-order chi connectivity index (χ1) is 13.5. The van der Waals surface area contributed by atoms with Gasteiger partial charge < -0.3 is 20.7 Å². The molecule has 0 aliphatic rings. The monoisotopic (exact) mass is 383 g/mol. The number of guanidine groups is 1. The van der Waals surface area contributed by atoms with Crippen LogP contribution < -0.4 is 20.7 Å². The standard InChI is InChI=1S/C21H29N5O2/c1-15-8-5-6-10-18(15)28-17(3)14-24-21(22-4)23-13-12-20(27)26-19-11-7-9-16(2)25-19/h5-11,17H,12-14H2,1-4H3,(H2,22,23,24)(H,25,26,27). The van der Waals surface area contributed by atoms with Crippen LogP contribution in [0.15, 0.2) is 47.5 Å². The number of rotatable bonds is 8. The van der Waals surface area contributed by atoms with Gasteiger partial charge in [0.15, 0.2) is 5.96 Å². The number of aliphatic imine (C=N–C) groups is 1. The van der Waals surface area contributed by atoms with Crippen molar-refractivity contribution in [1.82, 2.24) is 15.6 Å². The summed E-state index contributed by atoms with van der Waals surface area (Å²) in [5, 5.41) is 9.13. The first kappa shape index (κ1) is 21.2. The second kappa shape index (κ2) is 10.9. The van der Waals surface area contributed by atoms with E-state index in [4.69, 9.17) is 4.74 Å². The predicted molar refractivity (Wildman–Crippen MR) is 113 cm³/mol. The summed E-state index contributed by atoms with van der Waals surface area (Å²) in [5.74, 6) is 1.97. The number of aromatic nitrogens is 1. The van der Waals surface area contributed by atoms with Crippen LogP contribution in [0.25, 0.3) is 0 Å². The number of hydrogen-bond donors (Lipinski definition) is 3. The van der Waals surface area contributed by atoms with Crippen molar-refractivity contribution in [3.05, 3.63) is 53.7 Å². The highest BCUT2D eigenvalue weighted by Crippen LogP contribution is 2.17. The third-order valence-electron chi connectivity index (χ3n) is 4.00. The number of para-hydroxylation sites is 1. The summed E-state index contributed by atoms with van der Waals surface area (Å²) < 4.78 is 5.94. The molecule has 2 rings (SSSR count). The van der Waals surface area contributed by atoms with Gasteiger partial charge in [-0.3, -0.25) is 9.79 Å². The van der Waals surface area contributed by atoms with E-state index in [1.54, 1.807) is 13.1 Å². The van der Waals surface area contributed by atoms with E-state index in [1.165, 1.54) is 0 Å². The lowest BCUT2D eigenvalue weighted by Crippen LogP contribution is -2.42. The zero-order chi connectivity index (χ0) is 20.4. The van der Waals surface area contributed by atoms with E-state index < -0.39 is 0 Å². The van der Waals surface area contributed by atoms with Crippen molar-refractivity contribution in [2.45, 2.75) is 33.3 Å². The fraction of sp³-hybridized carbons (Fsp3) is 0.381. The molecule has 2 aromatic rings. The highest BCUT2D eigenvalue weighted by Gasteiger charge is 2.08. The summed E-state index contributed by atoms with van der Waals surface area (Å²) in [6.07, 6.45) is 0.279. The molecule has 0 aliphatic carbocycles. The highest BCUT2D eigenvalue weighted by molar-refractivity contribution is 5.90. The third-order valence-corrected chi connectivity index (χ3v) is 4.00. The minimum atomic E-state index is -0.0997. The van der Waals surface area contributed by atoms with Gasteiger partial charge in [0.2, 0.25) is 5.91 Å². The number of aryl methyl sites for hydroxylation is 2. The Morgan fingerprint density at radius 3 is 2.64 bits per heavy atom. The van der Waals surface area contributed by atoms with Crippen LogP contribution in [-0.2, 0) is 4.79 Å². The molecule has 7 heteroatoms. The Bertz CT molecular complexity index is 807. The van der Waals surface area contributed by atoms with E-state index >= 15 is 0 Å². The Balaban J connectivity index is 1.69. The largest absolute Gasteiger partial charge is 0.489 e. The summed E-state index contributed by atoms with van der Waals surface area (Å²) in [6, 6.07) is 13.4. The molecule has 28 heavy (non-hydrogen) atoms. The number of anilines is 1. The van der Waals surface area contributed by atoms with Gasteiger partial charge in [-0.2, -0.15) is 0 Å². The Kier molecular flexibility index (Phi) is 8.27. The average molecular weight is 383 g/mol. The average Bonchev–Trinajstić information content (AvgIpc) is 2.66. The number of carbonyl (C=O) groups is 1. The maximum Gasteiger partial charge on any atom is 0.227 e. The van der Waals surface area contributed by atoms with Crippen LogP contribution in [0.4, 0.5) is 5.82 Å². The van der Waals surface area contributed by atoms with Gasteiger partial charge in [-0.25, -0.2) is 4.98 Å². The van der Waals surface area contributed by atoms with Gasteiger partial charge >= 0.3 is 0 Å². The molecule has 1 atom stereocenters. The van der Waals surface area contributed by atoms with Crippen LogP contribution in [0.3, 0.4) is 0 Å². The zero-order valence-electron chi connectivity index (χ0n) is 17.0. The normalized spacial score (nSPS) is 12.2. The van der Waals surface area contributed by atoms with Gasteiger partial charge in [-0.05, 0) is 44.5 Å². The van der Waals surface area contributed by atoms with Gasteiger partial charge in [-0.15, -0.1) is 0 Å². The fourth-order valence-electron chi connectivity index (χ4n) is 2.52. The lowest BCUT2D eigenvalue weighted by atomic mass is 10.2. The molecule has 0 radical (unpaired) electrons. The van der Waals surface area contributed by atoms with Crippen molar-refractivity contribution in [3.63, 3.8) is 0 Å². The van der Waals surface area contributed by atoms with Gasteiger partial charge in [0.1, 0.15) is 17.7 Å². The Morgan fingerprint density at radius 2 is 1.93 bits per heavy atom. The molecule has 1 unspecified atom stereocenters. The number of ether oxygens (including phenoxy) is 1. The van der Waals surface area contributed by atoms with Crippen molar-refractivity contribution in [3.8, 4) is 5.75 Å². The van der Waals surface area contributed by atoms with Crippen molar-refractivity contribution < 1.29 is 9.53 Å². The van der Waals surface area contributed by atoms with Crippen LogP contribution in [0.2, 0.25) is 0 Å². The van der Waals surface area contributed by atoms with E-state index in [-0.39, 0.29) is 12.0 Å². The van der Waals surface area contributed by atoms with Crippen LogP contribution >= 0.6 is 0 Å². The molecule has 0 bridgehead atoms. The summed E-state index contributed by atoms with van der Waals surface area (Å²) in [4.78, 5) is 20.5. The zero-order valence-corrected chi connectivity index (χ0v) is 17.0. The maximum atomic E-state index is 12.0. The lowest BCUT2D eigenvalue weighted by molar-refractivity contribution is -0.116.